The van der Waals surface area contributed by atoms with Gasteiger partial charge < -0.3 is 15.5 Å². The minimum absolute atomic E-state index is 0.144. The summed E-state index contributed by atoms with van der Waals surface area (Å²) in [5.41, 5.74) is 2.72. The molecular formula is C21H25ClN4O2. The quantitative estimate of drug-likeness (QED) is 0.809. The zero-order valence-corrected chi connectivity index (χ0v) is 16.9. The maximum Gasteiger partial charge on any atom is 0.319 e. The van der Waals surface area contributed by atoms with E-state index >= 15 is 0 Å². The van der Waals surface area contributed by atoms with Gasteiger partial charge in [0.2, 0.25) is 5.91 Å². The predicted molar refractivity (Wildman–Crippen MR) is 111 cm³/mol. The monoisotopic (exact) mass is 400 g/mol. The van der Waals surface area contributed by atoms with Crippen molar-refractivity contribution in [3.63, 3.8) is 0 Å². The summed E-state index contributed by atoms with van der Waals surface area (Å²) in [7, 11) is 1.96. The summed E-state index contributed by atoms with van der Waals surface area (Å²) in [5, 5.41) is 6.29. The number of hydrogen-bond acceptors (Lipinski definition) is 3. The Labute approximate surface area is 170 Å². The van der Waals surface area contributed by atoms with Gasteiger partial charge >= 0.3 is 6.03 Å². The van der Waals surface area contributed by atoms with E-state index in [4.69, 9.17) is 11.6 Å². The molecule has 1 fully saturated rings. The Kier molecular flexibility index (Phi) is 6.54. The van der Waals surface area contributed by atoms with Crippen molar-refractivity contribution in [1.82, 2.24) is 15.1 Å². The van der Waals surface area contributed by atoms with E-state index in [0.29, 0.717) is 30.3 Å². The SMILES string of the molecule is C[C@H]1CN(C)CC(=O)N1Cc1ccc(NC(=O)NCc2ccc(Cl)cc2)cc1. The van der Waals surface area contributed by atoms with Gasteiger partial charge in [-0.1, -0.05) is 35.9 Å². The molecule has 0 aliphatic carbocycles. The standard InChI is InChI=1S/C21H25ClN4O2/c1-15-12-25(2)14-20(27)26(15)13-17-5-9-19(10-6-17)24-21(28)23-11-16-3-7-18(22)8-4-16/h3-10,15H,11-14H2,1-2H3,(H2,23,24,28)/t15-/m0/s1. The summed E-state index contributed by atoms with van der Waals surface area (Å²) < 4.78 is 0. The molecule has 2 N–H and O–H groups in total. The average Bonchev–Trinajstić information content (AvgIpc) is 2.65. The zero-order valence-electron chi connectivity index (χ0n) is 16.1. The smallest absolute Gasteiger partial charge is 0.319 e. The van der Waals surface area contributed by atoms with E-state index in [1.54, 1.807) is 12.1 Å². The van der Waals surface area contributed by atoms with Gasteiger partial charge in [0.05, 0.1) is 6.54 Å². The third-order valence-electron chi connectivity index (χ3n) is 4.76. The van der Waals surface area contributed by atoms with Gasteiger partial charge in [-0.05, 0) is 49.4 Å². The number of piperazine rings is 1. The Bertz CT molecular complexity index is 823. The second-order valence-corrected chi connectivity index (χ2v) is 7.63. The Morgan fingerprint density at radius 3 is 2.39 bits per heavy atom. The number of rotatable bonds is 5. The lowest BCUT2D eigenvalue weighted by atomic mass is 10.1. The Hall–Kier alpha value is -2.57. The number of halogens is 1. The van der Waals surface area contributed by atoms with Crippen molar-refractivity contribution in [2.45, 2.75) is 26.1 Å². The molecule has 1 aliphatic heterocycles. The van der Waals surface area contributed by atoms with Crippen LogP contribution in [0.3, 0.4) is 0 Å². The number of anilines is 1. The summed E-state index contributed by atoms with van der Waals surface area (Å²) in [6, 6.07) is 14.8. The molecule has 3 rings (SSSR count). The van der Waals surface area contributed by atoms with Crippen molar-refractivity contribution in [2.75, 3.05) is 25.5 Å². The van der Waals surface area contributed by atoms with Crippen molar-refractivity contribution in [3.05, 3.63) is 64.7 Å². The molecule has 3 amide bonds. The molecule has 6 nitrogen and oxygen atoms in total. The molecule has 2 aromatic carbocycles. The van der Waals surface area contributed by atoms with Crippen molar-refractivity contribution in [2.24, 2.45) is 0 Å². The first-order valence-corrected chi connectivity index (χ1v) is 9.65. The number of likely N-dealkylation sites (N-methyl/N-ethyl adjacent to an activating group) is 1. The molecule has 1 saturated heterocycles. The van der Waals surface area contributed by atoms with Crippen LogP contribution in [0, 0.1) is 0 Å². The highest BCUT2D eigenvalue weighted by atomic mass is 35.5. The van der Waals surface area contributed by atoms with Crippen LogP contribution in [0.25, 0.3) is 0 Å². The van der Waals surface area contributed by atoms with Gasteiger partial charge in [-0.2, -0.15) is 0 Å². The van der Waals surface area contributed by atoms with E-state index in [0.717, 1.165) is 17.7 Å². The number of nitrogens with zero attached hydrogens (tertiary/aromatic N) is 2. The van der Waals surface area contributed by atoms with Crippen molar-refractivity contribution in [3.8, 4) is 0 Å². The molecule has 0 spiro atoms. The number of amides is 3. The maximum absolute atomic E-state index is 12.3. The van der Waals surface area contributed by atoms with E-state index < -0.39 is 0 Å². The second-order valence-electron chi connectivity index (χ2n) is 7.20. The minimum atomic E-state index is -0.273. The highest BCUT2D eigenvalue weighted by Crippen LogP contribution is 2.16. The molecular weight excluding hydrogens is 376 g/mol. The molecule has 7 heteroatoms. The van der Waals surface area contributed by atoms with Crippen molar-refractivity contribution < 1.29 is 9.59 Å². The lowest BCUT2D eigenvalue weighted by molar-refractivity contribution is -0.139. The Balaban J connectivity index is 1.50. The van der Waals surface area contributed by atoms with Gasteiger partial charge in [0.15, 0.2) is 0 Å². The van der Waals surface area contributed by atoms with Crippen LogP contribution in [0.1, 0.15) is 18.1 Å². The van der Waals surface area contributed by atoms with E-state index in [1.807, 2.05) is 53.2 Å². The fraction of sp³-hybridized carbons (Fsp3) is 0.333. The fourth-order valence-electron chi connectivity index (χ4n) is 3.28. The number of nitrogens with one attached hydrogen (secondary N) is 2. The largest absolute Gasteiger partial charge is 0.334 e. The first kappa shape index (κ1) is 20.2. The highest BCUT2D eigenvalue weighted by Gasteiger charge is 2.27. The summed E-state index contributed by atoms with van der Waals surface area (Å²) in [6.45, 7) is 4.40. The molecule has 1 atom stereocenters. The lowest BCUT2D eigenvalue weighted by Crippen LogP contribution is -2.53. The highest BCUT2D eigenvalue weighted by molar-refractivity contribution is 6.30. The third kappa shape index (κ3) is 5.47. The predicted octanol–water partition coefficient (Wildman–Crippen LogP) is 3.32. The van der Waals surface area contributed by atoms with Gasteiger partial charge in [0.25, 0.3) is 0 Å². The van der Waals surface area contributed by atoms with Gasteiger partial charge in [-0.3, -0.25) is 9.69 Å². The number of carbonyl (C=O) groups is 2. The number of hydrogen-bond donors (Lipinski definition) is 2. The van der Waals surface area contributed by atoms with Crippen LogP contribution in [0.4, 0.5) is 10.5 Å². The van der Waals surface area contributed by atoms with Crippen LogP contribution < -0.4 is 10.6 Å². The number of urea groups is 1. The van der Waals surface area contributed by atoms with Crippen molar-refractivity contribution >= 4 is 29.2 Å². The third-order valence-corrected chi connectivity index (χ3v) is 5.02. The second kappa shape index (κ2) is 9.08. The molecule has 0 bridgehead atoms. The summed E-state index contributed by atoms with van der Waals surface area (Å²) in [4.78, 5) is 28.3. The number of carbonyl (C=O) groups excluding carboxylic acids is 2. The zero-order chi connectivity index (χ0) is 20.1. The molecule has 0 aromatic heterocycles. The fourth-order valence-corrected chi connectivity index (χ4v) is 3.40. The van der Waals surface area contributed by atoms with Crippen LogP contribution in [0.2, 0.25) is 5.02 Å². The average molecular weight is 401 g/mol. The number of benzene rings is 2. The summed E-state index contributed by atoms with van der Waals surface area (Å²) in [5.74, 6) is 0.144. The topological polar surface area (TPSA) is 64.7 Å². The maximum atomic E-state index is 12.3. The van der Waals surface area contributed by atoms with Crippen LogP contribution in [0.5, 0.6) is 0 Å². The van der Waals surface area contributed by atoms with Gasteiger partial charge in [0, 0.05) is 36.4 Å². The molecule has 0 radical (unpaired) electrons. The Morgan fingerprint density at radius 1 is 1.11 bits per heavy atom. The van der Waals surface area contributed by atoms with Gasteiger partial charge in [-0.25, -0.2) is 4.79 Å². The molecule has 148 valence electrons. The normalized spacial score (nSPS) is 17.5. The molecule has 2 aromatic rings. The van der Waals surface area contributed by atoms with Crippen LogP contribution >= 0.6 is 11.6 Å². The van der Waals surface area contributed by atoms with E-state index in [9.17, 15) is 9.59 Å². The minimum Gasteiger partial charge on any atom is -0.334 e. The molecule has 0 unspecified atom stereocenters. The molecule has 28 heavy (non-hydrogen) atoms. The van der Waals surface area contributed by atoms with Gasteiger partial charge in [0.1, 0.15) is 0 Å². The summed E-state index contributed by atoms with van der Waals surface area (Å²) >= 11 is 5.85. The van der Waals surface area contributed by atoms with Crippen LogP contribution in [-0.4, -0.2) is 47.9 Å². The lowest BCUT2D eigenvalue weighted by Gasteiger charge is -2.38. The Morgan fingerprint density at radius 2 is 1.75 bits per heavy atom. The first-order valence-electron chi connectivity index (χ1n) is 9.27. The molecule has 1 heterocycles. The molecule has 0 saturated carbocycles. The van der Waals surface area contributed by atoms with Gasteiger partial charge in [-0.15, -0.1) is 0 Å². The van der Waals surface area contributed by atoms with E-state index in [1.165, 1.54) is 0 Å². The molecule has 1 aliphatic rings. The van der Waals surface area contributed by atoms with Crippen LogP contribution in [-0.2, 0) is 17.9 Å². The summed E-state index contributed by atoms with van der Waals surface area (Å²) in [6.07, 6.45) is 0. The van der Waals surface area contributed by atoms with Crippen LogP contribution in [0.15, 0.2) is 48.5 Å². The first-order chi connectivity index (χ1) is 13.4. The van der Waals surface area contributed by atoms with E-state index in [2.05, 4.69) is 17.6 Å². The van der Waals surface area contributed by atoms with Crippen molar-refractivity contribution in [1.29, 1.82) is 0 Å². The van der Waals surface area contributed by atoms with E-state index in [-0.39, 0.29) is 18.0 Å².